The van der Waals surface area contributed by atoms with Gasteiger partial charge in [0.1, 0.15) is 11.6 Å². The molecule has 0 aromatic heterocycles. The van der Waals surface area contributed by atoms with Gasteiger partial charge in [0.05, 0.1) is 7.11 Å². The van der Waals surface area contributed by atoms with Crippen molar-refractivity contribution in [1.29, 1.82) is 0 Å². The van der Waals surface area contributed by atoms with E-state index >= 15 is 0 Å². The van der Waals surface area contributed by atoms with Crippen LogP contribution < -0.4 is 10.2 Å². The molecule has 14 heavy (non-hydrogen) atoms. The van der Waals surface area contributed by atoms with Crippen LogP contribution in [0.4, 0.5) is 4.39 Å². The topological polar surface area (TPSA) is 9.23 Å². The molecule has 0 N–H and O–H groups in total. The first-order chi connectivity index (χ1) is 6.60. The zero-order valence-corrected chi connectivity index (χ0v) is 9.23. The summed E-state index contributed by atoms with van der Waals surface area (Å²) in [4.78, 5) is 0. The van der Waals surface area contributed by atoms with E-state index in [2.05, 4.69) is 0 Å². The minimum atomic E-state index is -0.172. The molecule has 0 radical (unpaired) electrons. The highest BCUT2D eigenvalue weighted by Gasteiger charge is 2.11. The molecule has 0 heterocycles. The first kappa shape index (κ1) is 11.1. The summed E-state index contributed by atoms with van der Waals surface area (Å²) in [6, 6.07) is 3.38. The van der Waals surface area contributed by atoms with Crippen LogP contribution in [0.1, 0.15) is 25.3 Å². The Kier molecular flexibility index (Phi) is 3.56. The number of hydrogen-bond acceptors (Lipinski definition) is 1. The smallest absolute Gasteiger partial charge is 0.159 e. The summed E-state index contributed by atoms with van der Waals surface area (Å²) in [5, 5.41) is 0. The minimum Gasteiger partial charge on any atom is -0.497 e. The van der Waals surface area contributed by atoms with E-state index in [9.17, 15) is 4.39 Å². The van der Waals surface area contributed by atoms with Crippen molar-refractivity contribution in [3.63, 3.8) is 0 Å². The van der Waals surface area contributed by atoms with Crippen molar-refractivity contribution >= 4 is 12.7 Å². The van der Waals surface area contributed by atoms with Crippen LogP contribution in [0, 0.1) is 5.82 Å². The second kappa shape index (κ2) is 4.49. The molecule has 1 aromatic rings. The van der Waals surface area contributed by atoms with E-state index in [0.717, 1.165) is 18.3 Å². The molecule has 0 spiro atoms. The molecule has 1 nitrogen and oxygen atoms in total. The first-order valence-electron chi connectivity index (χ1n) is 4.96. The van der Waals surface area contributed by atoms with Gasteiger partial charge in [-0.2, -0.15) is 0 Å². The molecule has 0 bridgehead atoms. The Hall–Kier alpha value is -0.985. The zero-order valence-electron chi connectivity index (χ0n) is 9.23. The second-order valence-corrected chi connectivity index (χ2v) is 3.69. The van der Waals surface area contributed by atoms with Crippen LogP contribution in [0.2, 0.25) is 6.82 Å². The minimum absolute atomic E-state index is 0.172. The summed E-state index contributed by atoms with van der Waals surface area (Å²) in [6.07, 6.45) is 0. The molecule has 0 amide bonds. The fourth-order valence-electron chi connectivity index (χ4n) is 1.53. The molecule has 0 aliphatic heterocycles. The van der Waals surface area contributed by atoms with Crippen LogP contribution in [0.5, 0.6) is 5.75 Å². The lowest BCUT2D eigenvalue weighted by Gasteiger charge is -2.12. The quantitative estimate of drug-likeness (QED) is 0.669. The third-order valence-electron chi connectivity index (χ3n) is 2.40. The molecule has 0 aliphatic carbocycles. The van der Waals surface area contributed by atoms with Crippen LogP contribution in [0.3, 0.4) is 0 Å². The van der Waals surface area contributed by atoms with E-state index in [0.29, 0.717) is 5.75 Å². The maximum absolute atomic E-state index is 13.5. The highest BCUT2D eigenvalue weighted by Crippen LogP contribution is 2.21. The number of benzene rings is 1. The number of halogens is 1. The summed E-state index contributed by atoms with van der Waals surface area (Å²) in [5.74, 6) is 0.689. The summed E-state index contributed by atoms with van der Waals surface area (Å²) in [5.41, 5.74) is 1.83. The van der Waals surface area contributed by atoms with Gasteiger partial charge in [0.25, 0.3) is 0 Å². The van der Waals surface area contributed by atoms with Gasteiger partial charge < -0.3 is 4.74 Å². The van der Waals surface area contributed by atoms with E-state index < -0.39 is 0 Å². The zero-order chi connectivity index (χ0) is 10.7. The molecule has 76 valence electrons. The maximum atomic E-state index is 13.5. The molecule has 0 aliphatic rings. The van der Waals surface area contributed by atoms with Gasteiger partial charge in [-0.25, -0.2) is 4.39 Å². The highest BCUT2D eigenvalue weighted by molar-refractivity contribution is 6.53. The van der Waals surface area contributed by atoms with Crippen molar-refractivity contribution in [2.45, 2.75) is 26.6 Å². The lowest BCUT2D eigenvalue weighted by atomic mass is 9.71. The van der Waals surface area contributed by atoms with Gasteiger partial charge in [0.15, 0.2) is 7.28 Å². The van der Waals surface area contributed by atoms with Gasteiger partial charge in [-0.15, -0.1) is 0 Å². The summed E-state index contributed by atoms with van der Waals surface area (Å²) in [7, 11) is 2.44. The highest BCUT2D eigenvalue weighted by atomic mass is 19.1. The summed E-state index contributed by atoms with van der Waals surface area (Å²) >= 11 is 0. The Balaban J connectivity index is 3.23. The summed E-state index contributed by atoms with van der Waals surface area (Å²) in [6.45, 7) is 6.02. The van der Waals surface area contributed by atoms with Crippen LogP contribution in [-0.4, -0.2) is 14.4 Å². The number of rotatable bonds is 3. The monoisotopic (exact) mass is 194 g/mol. The third-order valence-corrected chi connectivity index (χ3v) is 2.40. The SMILES string of the molecule is CBc1cc(C(C)C)c(F)cc1OC. The van der Waals surface area contributed by atoms with E-state index in [1.165, 1.54) is 6.07 Å². The van der Waals surface area contributed by atoms with Crippen LogP contribution in [-0.2, 0) is 0 Å². The van der Waals surface area contributed by atoms with E-state index in [1.54, 1.807) is 7.11 Å². The van der Waals surface area contributed by atoms with Crippen LogP contribution >= 0.6 is 0 Å². The Bertz CT molecular complexity index is 323. The van der Waals surface area contributed by atoms with Crippen LogP contribution in [0.25, 0.3) is 0 Å². The summed E-state index contributed by atoms with van der Waals surface area (Å²) < 4.78 is 18.6. The van der Waals surface area contributed by atoms with Crippen molar-refractivity contribution in [2.24, 2.45) is 0 Å². The third kappa shape index (κ3) is 2.09. The van der Waals surface area contributed by atoms with Gasteiger partial charge in [0, 0.05) is 6.07 Å². The molecule has 0 saturated heterocycles. The van der Waals surface area contributed by atoms with Gasteiger partial charge in [-0.3, -0.25) is 0 Å². The van der Waals surface area contributed by atoms with Gasteiger partial charge in [-0.05, 0) is 16.9 Å². The van der Waals surface area contributed by atoms with Gasteiger partial charge in [-0.1, -0.05) is 26.7 Å². The predicted molar refractivity (Wildman–Crippen MR) is 59.7 cm³/mol. The molecule has 0 unspecified atom stereocenters. The Morgan fingerprint density at radius 2 is 2.00 bits per heavy atom. The fraction of sp³-hybridized carbons (Fsp3) is 0.455. The lowest BCUT2D eigenvalue weighted by Crippen LogP contribution is -2.16. The number of ether oxygens (including phenoxy) is 1. The molecule has 1 rings (SSSR count). The van der Waals surface area contributed by atoms with Gasteiger partial charge >= 0.3 is 0 Å². The van der Waals surface area contributed by atoms with E-state index in [-0.39, 0.29) is 11.7 Å². The number of methoxy groups -OCH3 is 1. The Labute approximate surface area is 85.5 Å². The van der Waals surface area contributed by atoms with Gasteiger partial charge in [0.2, 0.25) is 0 Å². The van der Waals surface area contributed by atoms with Crippen molar-refractivity contribution in [3.05, 3.63) is 23.5 Å². The normalized spacial score (nSPS) is 10.4. The fourth-order valence-corrected chi connectivity index (χ4v) is 1.53. The average Bonchev–Trinajstić information content (AvgIpc) is 2.16. The van der Waals surface area contributed by atoms with Crippen LogP contribution in [0.15, 0.2) is 12.1 Å². The maximum Gasteiger partial charge on any atom is 0.159 e. The molecular weight excluding hydrogens is 178 g/mol. The number of hydrogen-bond donors (Lipinski definition) is 0. The van der Waals surface area contributed by atoms with E-state index in [1.807, 2.05) is 26.7 Å². The molecule has 0 fully saturated rings. The average molecular weight is 194 g/mol. The second-order valence-electron chi connectivity index (χ2n) is 3.69. The predicted octanol–water partition coefficient (Wildman–Crippen LogP) is 2.07. The van der Waals surface area contributed by atoms with Crippen molar-refractivity contribution in [3.8, 4) is 5.75 Å². The van der Waals surface area contributed by atoms with Crippen molar-refractivity contribution in [1.82, 2.24) is 0 Å². The molecule has 0 atom stereocenters. The molecule has 0 saturated carbocycles. The molecule has 1 aromatic carbocycles. The Morgan fingerprint density at radius 3 is 2.43 bits per heavy atom. The van der Waals surface area contributed by atoms with Crippen molar-refractivity contribution < 1.29 is 9.13 Å². The van der Waals surface area contributed by atoms with Crippen molar-refractivity contribution in [2.75, 3.05) is 7.11 Å². The van der Waals surface area contributed by atoms with E-state index in [4.69, 9.17) is 4.74 Å². The largest absolute Gasteiger partial charge is 0.497 e. The lowest BCUT2D eigenvalue weighted by molar-refractivity contribution is 0.414. The standard InChI is InChI=1S/C11H16BFO/c1-7(2)8-5-9(12-3)11(14-4)6-10(8)13/h5-7,12H,1-4H3. The first-order valence-corrected chi connectivity index (χ1v) is 4.96. The Morgan fingerprint density at radius 1 is 1.36 bits per heavy atom. The molecule has 3 heteroatoms. The molecular formula is C11H16BFO.